The van der Waals surface area contributed by atoms with E-state index in [4.69, 9.17) is 0 Å². The molecule has 1 aromatic heterocycles. The molecule has 0 unspecified atom stereocenters. The Morgan fingerprint density at radius 3 is 2.38 bits per heavy atom. The molecule has 0 spiro atoms. The van der Waals surface area contributed by atoms with Gasteiger partial charge in [0, 0.05) is 31.7 Å². The van der Waals surface area contributed by atoms with Crippen molar-refractivity contribution in [3.63, 3.8) is 0 Å². The van der Waals surface area contributed by atoms with Gasteiger partial charge in [-0.2, -0.15) is 0 Å². The number of carbonyl (C=O) groups excluding carboxylic acids is 2. The van der Waals surface area contributed by atoms with Gasteiger partial charge in [0.2, 0.25) is 5.91 Å². The van der Waals surface area contributed by atoms with Crippen molar-refractivity contribution in [2.45, 2.75) is 59.8 Å². The topological polar surface area (TPSA) is 65.2 Å². The highest BCUT2D eigenvalue weighted by atomic mass is 16.2. The number of amides is 2. The number of likely N-dealkylation sites (tertiary alicyclic amines) is 1. The second kappa shape index (κ2) is 8.36. The van der Waals surface area contributed by atoms with Crippen LogP contribution in [0.15, 0.2) is 0 Å². The van der Waals surface area contributed by atoms with Crippen molar-refractivity contribution in [3.05, 3.63) is 22.5 Å². The zero-order chi connectivity index (χ0) is 17.7. The molecule has 134 valence electrons. The summed E-state index contributed by atoms with van der Waals surface area (Å²) in [4.78, 5) is 29.8. The second-order valence-electron chi connectivity index (χ2n) is 7.02. The van der Waals surface area contributed by atoms with Gasteiger partial charge in [0.25, 0.3) is 5.91 Å². The fourth-order valence-electron chi connectivity index (χ4n) is 3.29. The van der Waals surface area contributed by atoms with Crippen LogP contribution in [0.1, 0.15) is 66.3 Å². The van der Waals surface area contributed by atoms with E-state index in [0.717, 1.165) is 67.8 Å². The molecule has 1 aromatic rings. The lowest BCUT2D eigenvalue weighted by Gasteiger charge is -2.31. The molecule has 1 aliphatic heterocycles. The van der Waals surface area contributed by atoms with Gasteiger partial charge in [-0.1, -0.05) is 13.3 Å². The summed E-state index contributed by atoms with van der Waals surface area (Å²) in [5, 5.41) is 2.98. The van der Waals surface area contributed by atoms with Gasteiger partial charge in [-0.05, 0) is 57.1 Å². The third-order valence-corrected chi connectivity index (χ3v) is 5.25. The average Bonchev–Trinajstić information content (AvgIpc) is 2.83. The highest BCUT2D eigenvalue weighted by molar-refractivity contribution is 5.94. The molecule has 1 aliphatic rings. The third-order valence-electron chi connectivity index (χ3n) is 5.25. The molecule has 0 atom stereocenters. The highest BCUT2D eigenvalue weighted by Crippen LogP contribution is 2.24. The quantitative estimate of drug-likeness (QED) is 0.786. The Labute approximate surface area is 145 Å². The van der Waals surface area contributed by atoms with Gasteiger partial charge in [-0.3, -0.25) is 9.59 Å². The minimum atomic E-state index is 0.0922. The molecule has 5 nitrogen and oxygen atoms in total. The summed E-state index contributed by atoms with van der Waals surface area (Å²) >= 11 is 0. The lowest BCUT2D eigenvalue weighted by Crippen LogP contribution is -2.40. The first-order valence-corrected chi connectivity index (χ1v) is 9.15. The van der Waals surface area contributed by atoms with E-state index in [9.17, 15) is 9.59 Å². The van der Waals surface area contributed by atoms with Crippen LogP contribution in [0.2, 0.25) is 0 Å². The molecule has 2 N–H and O–H groups in total. The first-order valence-electron chi connectivity index (χ1n) is 9.15. The highest BCUT2D eigenvalue weighted by Gasteiger charge is 2.27. The summed E-state index contributed by atoms with van der Waals surface area (Å²) in [7, 11) is 0. The average molecular weight is 333 g/mol. The van der Waals surface area contributed by atoms with Crippen LogP contribution < -0.4 is 5.32 Å². The molecule has 2 heterocycles. The molecule has 1 saturated heterocycles. The number of rotatable bonds is 6. The fraction of sp³-hybridized carbons (Fsp3) is 0.684. The predicted molar refractivity (Wildman–Crippen MR) is 96.2 cm³/mol. The molecular formula is C19H31N3O2. The molecular weight excluding hydrogens is 302 g/mol. The van der Waals surface area contributed by atoms with Crippen LogP contribution in [0.5, 0.6) is 0 Å². The number of hydrogen-bond donors (Lipinski definition) is 2. The van der Waals surface area contributed by atoms with Crippen LogP contribution in [-0.4, -0.2) is 41.3 Å². The number of hydrogen-bond acceptors (Lipinski definition) is 2. The summed E-state index contributed by atoms with van der Waals surface area (Å²) in [6, 6.07) is 0. The van der Waals surface area contributed by atoms with Crippen molar-refractivity contribution < 1.29 is 9.59 Å². The van der Waals surface area contributed by atoms with Crippen LogP contribution in [0.3, 0.4) is 0 Å². The summed E-state index contributed by atoms with van der Waals surface area (Å²) in [6.45, 7) is 10.4. The molecule has 0 aliphatic carbocycles. The second-order valence-corrected chi connectivity index (χ2v) is 7.02. The third kappa shape index (κ3) is 4.40. The maximum absolute atomic E-state index is 12.7. The zero-order valence-corrected chi connectivity index (χ0v) is 15.5. The van der Waals surface area contributed by atoms with E-state index >= 15 is 0 Å². The first kappa shape index (κ1) is 18.6. The number of aryl methyl sites for hydroxylation is 1. The molecule has 0 aromatic carbocycles. The monoisotopic (exact) mass is 333 g/mol. The van der Waals surface area contributed by atoms with Crippen LogP contribution in [0.4, 0.5) is 0 Å². The van der Waals surface area contributed by atoms with E-state index in [0.29, 0.717) is 12.3 Å². The molecule has 5 heteroatoms. The molecule has 1 fully saturated rings. The molecule has 0 bridgehead atoms. The Morgan fingerprint density at radius 1 is 1.17 bits per heavy atom. The summed E-state index contributed by atoms with van der Waals surface area (Å²) in [6.07, 6.45) is 4.53. The van der Waals surface area contributed by atoms with Gasteiger partial charge < -0.3 is 15.2 Å². The minimum absolute atomic E-state index is 0.0922. The van der Waals surface area contributed by atoms with Crippen LogP contribution in [0, 0.1) is 26.7 Å². The van der Waals surface area contributed by atoms with E-state index in [1.165, 1.54) is 0 Å². The van der Waals surface area contributed by atoms with E-state index in [1.54, 1.807) is 0 Å². The van der Waals surface area contributed by atoms with Gasteiger partial charge in [0.1, 0.15) is 5.69 Å². The Balaban J connectivity index is 1.83. The van der Waals surface area contributed by atoms with Crippen molar-refractivity contribution in [1.29, 1.82) is 0 Å². The number of unbranched alkanes of at least 4 members (excludes halogenated alkanes) is 1. The van der Waals surface area contributed by atoms with E-state index in [1.807, 2.05) is 25.7 Å². The van der Waals surface area contributed by atoms with Gasteiger partial charge in [0.05, 0.1) is 0 Å². The molecule has 2 amide bonds. The number of H-pyrrole nitrogens is 1. The largest absolute Gasteiger partial charge is 0.356 e. The fourth-order valence-corrected chi connectivity index (χ4v) is 3.29. The number of aromatic nitrogens is 1. The number of piperidine rings is 1. The standard InChI is InChI=1S/C19H31N3O2/c1-5-6-9-20-17(23)12-16-7-10-22(11-8-16)19(24)18-14(3)13(2)15(4)21-18/h16,21H,5-12H2,1-4H3,(H,20,23). The van der Waals surface area contributed by atoms with Crippen LogP contribution in [0.25, 0.3) is 0 Å². The van der Waals surface area contributed by atoms with Gasteiger partial charge >= 0.3 is 0 Å². The lowest BCUT2D eigenvalue weighted by molar-refractivity contribution is -0.122. The van der Waals surface area contributed by atoms with E-state index < -0.39 is 0 Å². The van der Waals surface area contributed by atoms with Crippen LogP contribution >= 0.6 is 0 Å². The zero-order valence-electron chi connectivity index (χ0n) is 15.5. The van der Waals surface area contributed by atoms with Crippen molar-refractivity contribution in [2.75, 3.05) is 19.6 Å². The van der Waals surface area contributed by atoms with Crippen molar-refractivity contribution >= 4 is 11.8 Å². The minimum Gasteiger partial charge on any atom is -0.356 e. The number of nitrogens with zero attached hydrogens (tertiary/aromatic N) is 1. The molecule has 0 saturated carbocycles. The Morgan fingerprint density at radius 2 is 1.83 bits per heavy atom. The van der Waals surface area contributed by atoms with Crippen LogP contribution in [-0.2, 0) is 4.79 Å². The summed E-state index contributed by atoms with van der Waals surface area (Å²) < 4.78 is 0. The van der Waals surface area contributed by atoms with Crippen molar-refractivity contribution in [2.24, 2.45) is 5.92 Å². The van der Waals surface area contributed by atoms with E-state index in [-0.39, 0.29) is 11.8 Å². The Kier molecular flexibility index (Phi) is 6.46. The normalized spacial score (nSPS) is 15.6. The van der Waals surface area contributed by atoms with Gasteiger partial charge in [0.15, 0.2) is 0 Å². The van der Waals surface area contributed by atoms with Gasteiger partial charge in [-0.25, -0.2) is 0 Å². The van der Waals surface area contributed by atoms with E-state index in [2.05, 4.69) is 17.2 Å². The Bertz CT molecular complexity index is 584. The first-order chi connectivity index (χ1) is 11.4. The maximum atomic E-state index is 12.7. The molecule has 24 heavy (non-hydrogen) atoms. The predicted octanol–water partition coefficient (Wildman–Crippen LogP) is 3.10. The van der Waals surface area contributed by atoms with Gasteiger partial charge in [-0.15, -0.1) is 0 Å². The number of nitrogens with one attached hydrogen (secondary N) is 2. The van der Waals surface area contributed by atoms with Crippen molar-refractivity contribution in [3.8, 4) is 0 Å². The molecule has 2 rings (SSSR count). The molecule has 0 radical (unpaired) electrons. The lowest BCUT2D eigenvalue weighted by atomic mass is 9.93. The number of aromatic amines is 1. The smallest absolute Gasteiger partial charge is 0.270 e. The SMILES string of the molecule is CCCCNC(=O)CC1CCN(C(=O)c2[nH]c(C)c(C)c2C)CC1. The summed E-state index contributed by atoms with van der Waals surface area (Å²) in [5.41, 5.74) is 4.00. The maximum Gasteiger partial charge on any atom is 0.270 e. The Hall–Kier alpha value is -1.78. The van der Waals surface area contributed by atoms with Crippen molar-refractivity contribution in [1.82, 2.24) is 15.2 Å². The summed E-state index contributed by atoms with van der Waals surface area (Å²) in [5.74, 6) is 0.637. The number of carbonyl (C=O) groups is 2.